The zero-order valence-corrected chi connectivity index (χ0v) is 27.3. The molecule has 0 aromatic carbocycles. The predicted octanol–water partition coefficient (Wildman–Crippen LogP) is 11.2. The fourth-order valence-corrected chi connectivity index (χ4v) is 6.97. The van der Waals surface area contributed by atoms with E-state index < -0.39 is 7.82 Å². The van der Waals surface area contributed by atoms with Crippen LogP contribution in [0.25, 0.3) is 0 Å². The lowest BCUT2D eigenvalue weighted by Crippen LogP contribution is -2.00. The van der Waals surface area contributed by atoms with Crippen molar-refractivity contribution in [3.63, 3.8) is 0 Å². The zero-order valence-electron chi connectivity index (χ0n) is 24.7. The van der Waals surface area contributed by atoms with Gasteiger partial charge in [-0.3, -0.25) is 9.05 Å². The second kappa shape index (κ2) is 31.3. The minimum absolute atomic E-state index is 0.298. The molecule has 0 unspecified atom stereocenters. The molecular formula is C30H63O4PS2. The highest BCUT2D eigenvalue weighted by Gasteiger charge is 2.19. The van der Waals surface area contributed by atoms with E-state index in [0.29, 0.717) is 13.2 Å². The summed E-state index contributed by atoms with van der Waals surface area (Å²) in [6, 6.07) is 0. The van der Waals surface area contributed by atoms with Crippen LogP contribution >= 0.6 is 31.3 Å². The van der Waals surface area contributed by atoms with E-state index >= 15 is 0 Å². The average Bonchev–Trinajstić information content (AvgIpc) is 2.88. The number of phosphoric ester groups is 1. The maximum atomic E-state index is 12.0. The molecule has 0 aliphatic carbocycles. The predicted molar refractivity (Wildman–Crippen MR) is 169 cm³/mol. The van der Waals surface area contributed by atoms with Gasteiger partial charge in [-0.05, 0) is 48.7 Å². The molecule has 37 heavy (non-hydrogen) atoms. The van der Waals surface area contributed by atoms with E-state index in [4.69, 9.17) is 9.05 Å². The molecule has 0 aromatic heterocycles. The molecule has 0 atom stereocenters. The summed E-state index contributed by atoms with van der Waals surface area (Å²) >= 11 is 3.85. The molecule has 7 heteroatoms. The molecule has 0 aliphatic rings. The molecule has 1 N–H and O–H groups in total. The van der Waals surface area contributed by atoms with Crippen molar-refractivity contribution < 1.29 is 18.5 Å². The molecular weight excluding hydrogens is 519 g/mol. The average molecular weight is 583 g/mol. The molecule has 0 saturated carbocycles. The van der Waals surface area contributed by atoms with Gasteiger partial charge in [0.1, 0.15) is 0 Å². The van der Waals surface area contributed by atoms with Crippen LogP contribution in [0.1, 0.15) is 155 Å². The van der Waals surface area contributed by atoms with Crippen molar-refractivity contribution in [3.05, 3.63) is 0 Å². The first-order chi connectivity index (χ1) is 18.1. The highest BCUT2D eigenvalue weighted by atomic mass is 32.2. The second-order valence-electron chi connectivity index (χ2n) is 10.4. The standard InChI is InChI=1S/C30H63O4PS2/c1-3-5-7-9-11-13-15-17-19-21-27-36-29-23-25-33-35(31,32)34-26-24-30-37-28-22-20-18-16-14-12-10-8-6-4-2/h3-30H2,1-2H3,(H,31,32). The van der Waals surface area contributed by atoms with E-state index in [-0.39, 0.29) is 0 Å². The first-order valence-corrected chi connectivity index (χ1v) is 19.7. The molecule has 0 saturated heterocycles. The molecule has 224 valence electrons. The Morgan fingerprint density at radius 3 is 1.05 bits per heavy atom. The summed E-state index contributed by atoms with van der Waals surface area (Å²) in [5.41, 5.74) is 0. The van der Waals surface area contributed by atoms with Gasteiger partial charge in [0.25, 0.3) is 0 Å². The monoisotopic (exact) mass is 582 g/mol. The van der Waals surface area contributed by atoms with Crippen molar-refractivity contribution in [2.45, 2.75) is 155 Å². The Morgan fingerprint density at radius 1 is 0.459 bits per heavy atom. The molecule has 0 spiro atoms. The van der Waals surface area contributed by atoms with Gasteiger partial charge in [-0.25, -0.2) is 4.57 Å². The van der Waals surface area contributed by atoms with Crippen LogP contribution in [-0.4, -0.2) is 41.1 Å². The van der Waals surface area contributed by atoms with Crippen LogP contribution in [0.4, 0.5) is 0 Å². The van der Waals surface area contributed by atoms with Gasteiger partial charge >= 0.3 is 7.82 Å². The zero-order chi connectivity index (χ0) is 27.1. The number of phosphoric acid groups is 1. The van der Waals surface area contributed by atoms with Crippen LogP contribution in [0.3, 0.4) is 0 Å². The highest BCUT2D eigenvalue weighted by Crippen LogP contribution is 2.43. The van der Waals surface area contributed by atoms with Gasteiger partial charge in [0.05, 0.1) is 13.2 Å². The highest BCUT2D eigenvalue weighted by molar-refractivity contribution is 7.99. The van der Waals surface area contributed by atoms with Gasteiger partial charge < -0.3 is 4.89 Å². The molecule has 4 nitrogen and oxygen atoms in total. The van der Waals surface area contributed by atoms with Crippen molar-refractivity contribution in [3.8, 4) is 0 Å². The lowest BCUT2D eigenvalue weighted by atomic mass is 10.1. The third-order valence-corrected chi connectivity index (χ3v) is 9.99. The third-order valence-electron chi connectivity index (χ3n) is 6.66. The van der Waals surface area contributed by atoms with E-state index in [2.05, 4.69) is 13.8 Å². The molecule has 0 fully saturated rings. The van der Waals surface area contributed by atoms with Crippen LogP contribution in [0.15, 0.2) is 0 Å². The van der Waals surface area contributed by atoms with Crippen molar-refractivity contribution in [1.82, 2.24) is 0 Å². The molecule has 0 rings (SSSR count). The van der Waals surface area contributed by atoms with Gasteiger partial charge in [-0.1, -0.05) is 129 Å². The van der Waals surface area contributed by atoms with E-state index in [0.717, 1.165) is 24.3 Å². The van der Waals surface area contributed by atoms with Crippen LogP contribution in [0.5, 0.6) is 0 Å². The summed E-state index contributed by atoms with van der Waals surface area (Å²) < 4.78 is 22.2. The van der Waals surface area contributed by atoms with Crippen LogP contribution in [0.2, 0.25) is 0 Å². The molecule has 0 heterocycles. The lowest BCUT2D eigenvalue weighted by molar-refractivity contribution is 0.150. The van der Waals surface area contributed by atoms with Crippen LogP contribution < -0.4 is 0 Å². The maximum Gasteiger partial charge on any atom is 0.472 e. The largest absolute Gasteiger partial charge is 0.472 e. The topological polar surface area (TPSA) is 55.8 Å². The fourth-order valence-electron chi connectivity index (χ4n) is 4.31. The summed E-state index contributed by atoms with van der Waals surface area (Å²) in [7, 11) is -3.88. The second-order valence-corrected chi connectivity index (χ2v) is 14.3. The molecule has 0 aliphatic heterocycles. The summed E-state index contributed by atoms with van der Waals surface area (Å²) in [5.74, 6) is 4.32. The minimum atomic E-state index is -3.88. The van der Waals surface area contributed by atoms with E-state index in [1.807, 2.05) is 23.5 Å². The Kier molecular flexibility index (Phi) is 32.0. The van der Waals surface area contributed by atoms with Gasteiger partial charge in [0.2, 0.25) is 0 Å². The van der Waals surface area contributed by atoms with Crippen LogP contribution in [-0.2, 0) is 13.6 Å². The molecule has 0 bridgehead atoms. The van der Waals surface area contributed by atoms with E-state index in [1.165, 1.54) is 140 Å². The molecule has 0 aromatic rings. The molecule has 0 radical (unpaired) electrons. The Labute approximate surface area is 240 Å². The van der Waals surface area contributed by atoms with E-state index in [9.17, 15) is 9.46 Å². The Morgan fingerprint density at radius 2 is 0.730 bits per heavy atom. The molecule has 0 amide bonds. The Bertz CT molecular complexity index is 444. The number of hydrogen-bond donors (Lipinski definition) is 1. The SMILES string of the molecule is CCCCCCCCCCCCSCCCOP(=O)(O)OCCCSCCCCCCCCCCCC. The fraction of sp³-hybridized carbons (Fsp3) is 1.00. The number of thioether (sulfide) groups is 2. The first-order valence-electron chi connectivity index (χ1n) is 15.9. The van der Waals surface area contributed by atoms with Gasteiger partial charge in [-0.2, -0.15) is 23.5 Å². The van der Waals surface area contributed by atoms with E-state index in [1.54, 1.807) is 0 Å². The summed E-state index contributed by atoms with van der Waals surface area (Å²) in [6.07, 6.45) is 29.0. The number of hydrogen-bond acceptors (Lipinski definition) is 5. The minimum Gasteiger partial charge on any atom is -0.302 e. The summed E-state index contributed by atoms with van der Waals surface area (Å²) in [6.45, 7) is 5.14. The summed E-state index contributed by atoms with van der Waals surface area (Å²) in [5, 5.41) is 0. The smallest absolute Gasteiger partial charge is 0.302 e. The van der Waals surface area contributed by atoms with Gasteiger partial charge in [-0.15, -0.1) is 0 Å². The lowest BCUT2D eigenvalue weighted by Gasteiger charge is -2.12. The van der Waals surface area contributed by atoms with Crippen molar-refractivity contribution in [2.75, 3.05) is 36.2 Å². The Hall–Kier alpha value is 0.810. The summed E-state index contributed by atoms with van der Waals surface area (Å²) in [4.78, 5) is 9.82. The number of unbranched alkanes of at least 4 members (excludes halogenated alkanes) is 18. The van der Waals surface area contributed by atoms with Crippen molar-refractivity contribution >= 4 is 31.3 Å². The third kappa shape index (κ3) is 32.9. The van der Waals surface area contributed by atoms with Gasteiger partial charge in [0, 0.05) is 0 Å². The normalized spacial score (nSPS) is 12.0. The van der Waals surface area contributed by atoms with Gasteiger partial charge in [0.15, 0.2) is 0 Å². The number of rotatable bonds is 32. The van der Waals surface area contributed by atoms with Crippen LogP contribution in [0, 0.1) is 0 Å². The quantitative estimate of drug-likeness (QED) is 0.0629. The maximum absolute atomic E-state index is 12.0. The van der Waals surface area contributed by atoms with Crippen molar-refractivity contribution in [1.29, 1.82) is 0 Å². The van der Waals surface area contributed by atoms with Crippen molar-refractivity contribution in [2.24, 2.45) is 0 Å². The Balaban J connectivity index is 3.28. The first kappa shape index (κ1) is 37.8.